The lowest BCUT2D eigenvalue weighted by Gasteiger charge is -2.26. The third kappa shape index (κ3) is 5.51. The minimum absolute atomic E-state index is 0.0604. The number of carboxylic acids is 1. The average Bonchev–Trinajstić information content (AvgIpc) is 3.53. The number of rotatable bonds is 8. The molecule has 1 amide bonds. The SMILES string of the molecule is Cc1cc(C(=O)O)ccc1-c1ccc(C2C(c3ccccn3)NC(=S)N2CCC(=O)Nc2ccccc2F)o1. The first-order valence-corrected chi connectivity index (χ1v) is 12.7. The number of halogens is 1. The van der Waals surface area contributed by atoms with Gasteiger partial charge >= 0.3 is 5.97 Å². The highest BCUT2D eigenvalue weighted by atomic mass is 32.1. The van der Waals surface area contributed by atoms with Crippen molar-refractivity contribution in [2.45, 2.75) is 25.4 Å². The predicted octanol–water partition coefficient (Wildman–Crippen LogP) is 5.49. The van der Waals surface area contributed by atoms with Crippen molar-refractivity contribution in [2.75, 3.05) is 11.9 Å². The van der Waals surface area contributed by atoms with Gasteiger partial charge in [-0.05, 0) is 73.2 Å². The summed E-state index contributed by atoms with van der Waals surface area (Å²) in [5, 5.41) is 15.7. The zero-order valence-corrected chi connectivity index (χ0v) is 21.7. The number of carboxylic acid groups (broad SMARTS) is 1. The molecule has 4 aromatic rings. The second-order valence-corrected chi connectivity index (χ2v) is 9.52. The van der Waals surface area contributed by atoms with Gasteiger partial charge in [0.1, 0.15) is 23.4 Å². The van der Waals surface area contributed by atoms with Crippen molar-refractivity contribution in [1.82, 2.24) is 15.2 Å². The highest BCUT2D eigenvalue weighted by Gasteiger charge is 2.41. The van der Waals surface area contributed by atoms with Crippen LogP contribution in [0.4, 0.5) is 10.1 Å². The van der Waals surface area contributed by atoms with E-state index in [1.165, 1.54) is 18.2 Å². The molecule has 2 atom stereocenters. The molecule has 0 spiro atoms. The van der Waals surface area contributed by atoms with Crippen molar-refractivity contribution < 1.29 is 23.5 Å². The van der Waals surface area contributed by atoms with Crippen LogP contribution in [-0.2, 0) is 4.79 Å². The maximum Gasteiger partial charge on any atom is 0.335 e. The molecule has 1 saturated heterocycles. The predicted molar refractivity (Wildman–Crippen MR) is 148 cm³/mol. The number of pyridine rings is 1. The lowest BCUT2D eigenvalue weighted by atomic mass is 10.0. The Morgan fingerprint density at radius 2 is 1.92 bits per heavy atom. The van der Waals surface area contributed by atoms with E-state index in [0.29, 0.717) is 16.6 Å². The number of furan rings is 1. The van der Waals surface area contributed by atoms with Crippen LogP contribution in [0.1, 0.15) is 45.9 Å². The molecule has 2 aromatic carbocycles. The summed E-state index contributed by atoms with van der Waals surface area (Å²) in [6.07, 6.45) is 1.76. The van der Waals surface area contributed by atoms with Crippen molar-refractivity contribution in [2.24, 2.45) is 0 Å². The van der Waals surface area contributed by atoms with E-state index in [4.69, 9.17) is 16.6 Å². The Morgan fingerprint density at radius 3 is 2.64 bits per heavy atom. The Bertz CT molecular complexity index is 1540. The third-order valence-electron chi connectivity index (χ3n) is 6.58. The molecule has 1 aliphatic heterocycles. The van der Waals surface area contributed by atoms with E-state index in [0.717, 1.165) is 16.8 Å². The van der Waals surface area contributed by atoms with Crippen molar-refractivity contribution in [3.63, 3.8) is 0 Å². The van der Waals surface area contributed by atoms with Crippen molar-refractivity contribution in [3.8, 4) is 11.3 Å². The number of aromatic nitrogens is 1. The average molecular weight is 545 g/mol. The lowest BCUT2D eigenvalue weighted by molar-refractivity contribution is -0.116. The number of thiocarbonyl (C=S) groups is 1. The highest BCUT2D eigenvalue weighted by Crippen LogP contribution is 2.41. The fourth-order valence-electron chi connectivity index (χ4n) is 4.68. The molecule has 39 heavy (non-hydrogen) atoms. The Labute approximate surface area is 229 Å². The van der Waals surface area contributed by atoms with Crippen LogP contribution in [0, 0.1) is 12.7 Å². The summed E-state index contributed by atoms with van der Waals surface area (Å²) in [5.41, 5.74) is 2.60. The van der Waals surface area contributed by atoms with Gasteiger partial charge in [0.2, 0.25) is 5.91 Å². The fourth-order valence-corrected chi connectivity index (χ4v) is 5.01. The second kappa shape index (κ2) is 11.0. The van der Waals surface area contributed by atoms with E-state index in [-0.39, 0.29) is 36.2 Å². The number of hydrogen-bond donors (Lipinski definition) is 3. The second-order valence-electron chi connectivity index (χ2n) is 9.13. The van der Waals surface area contributed by atoms with Gasteiger partial charge in [-0.1, -0.05) is 24.3 Å². The minimum atomic E-state index is -0.997. The fraction of sp³-hybridized carbons (Fsp3) is 0.172. The van der Waals surface area contributed by atoms with Crippen molar-refractivity contribution in [3.05, 3.63) is 107 Å². The number of nitrogens with zero attached hydrogens (tertiary/aromatic N) is 2. The van der Waals surface area contributed by atoms with Crippen molar-refractivity contribution in [1.29, 1.82) is 0 Å². The van der Waals surface area contributed by atoms with Gasteiger partial charge in [-0.2, -0.15) is 0 Å². The van der Waals surface area contributed by atoms with Crippen LogP contribution in [0.5, 0.6) is 0 Å². The summed E-state index contributed by atoms with van der Waals surface area (Å²) in [6.45, 7) is 2.08. The van der Waals surface area contributed by atoms with Crippen LogP contribution in [0.2, 0.25) is 0 Å². The standard InChI is InChI=1S/C29H25FN4O4S/c1-17-16-18(28(36)37)9-10-19(17)23-11-12-24(38-23)27-26(22-8-4-5-14-31-22)33-29(39)34(27)15-13-25(35)32-21-7-3-2-6-20(21)30/h2-12,14,16,26-27H,13,15H2,1H3,(H,32,35)(H,33,39)(H,36,37). The Morgan fingerprint density at radius 1 is 1.13 bits per heavy atom. The van der Waals surface area contributed by atoms with Gasteiger partial charge in [0.05, 0.1) is 23.0 Å². The van der Waals surface area contributed by atoms with Crippen LogP contribution in [0.15, 0.2) is 83.4 Å². The maximum absolute atomic E-state index is 14.0. The molecule has 5 rings (SSSR count). The molecule has 2 unspecified atom stereocenters. The molecule has 3 N–H and O–H groups in total. The molecule has 2 aromatic heterocycles. The zero-order valence-electron chi connectivity index (χ0n) is 20.9. The van der Waals surface area contributed by atoms with E-state index in [1.54, 1.807) is 30.5 Å². The minimum Gasteiger partial charge on any atom is -0.478 e. The van der Waals surface area contributed by atoms with E-state index >= 15 is 0 Å². The van der Waals surface area contributed by atoms with Gasteiger partial charge in [0.15, 0.2) is 5.11 Å². The van der Waals surface area contributed by atoms with Crippen LogP contribution in [0.25, 0.3) is 11.3 Å². The Kier molecular flexibility index (Phi) is 7.38. The molecular weight excluding hydrogens is 519 g/mol. The molecule has 1 aliphatic rings. The van der Waals surface area contributed by atoms with Crippen LogP contribution >= 0.6 is 12.2 Å². The van der Waals surface area contributed by atoms with E-state index < -0.39 is 17.8 Å². The molecule has 8 nitrogen and oxygen atoms in total. The summed E-state index contributed by atoms with van der Waals surface area (Å²) >= 11 is 5.65. The first-order valence-electron chi connectivity index (χ1n) is 12.3. The van der Waals surface area contributed by atoms with Gasteiger partial charge in [0.25, 0.3) is 0 Å². The maximum atomic E-state index is 14.0. The number of amides is 1. The molecular formula is C29H25FN4O4S. The zero-order chi connectivity index (χ0) is 27.5. The van der Waals surface area contributed by atoms with E-state index in [2.05, 4.69) is 15.6 Å². The number of carbonyl (C=O) groups is 2. The summed E-state index contributed by atoms with van der Waals surface area (Å²) in [5.74, 6) is -0.675. The van der Waals surface area contributed by atoms with E-state index in [9.17, 15) is 19.1 Å². The van der Waals surface area contributed by atoms with Gasteiger partial charge in [-0.25, -0.2) is 9.18 Å². The highest BCUT2D eigenvalue weighted by molar-refractivity contribution is 7.80. The summed E-state index contributed by atoms with van der Waals surface area (Å²) < 4.78 is 20.3. The number of aryl methyl sites for hydroxylation is 1. The quantitative estimate of drug-likeness (QED) is 0.250. The molecule has 10 heteroatoms. The van der Waals surface area contributed by atoms with Crippen LogP contribution in [0.3, 0.4) is 0 Å². The smallest absolute Gasteiger partial charge is 0.335 e. The molecule has 0 radical (unpaired) electrons. The number of para-hydroxylation sites is 1. The van der Waals surface area contributed by atoms with Crippen LogP contribution in [-0.4, -0.2) is 38.5 Å². The summed E-state index contributed by atoms with van der Waals surface area (Å²) in [6, 6.07) is 19.4. The molecule has 198 valence electrons. The van der Waals surface area contributed by atoms with Gasteiger partial charge in [0, 0.05) is 24.7 Å². The monoisotopic (exact) mass is 544 g/mol. The van der Waals surface area contributed by atoms with Crippen molar-refractivity contribution >= 4 is 34.9 Å². The molecule has 0 saturated carbocycles. The number of benzene rings is 2. The number of hydrogen-bond acceptors (Lipinski definition) is 5. The van der Waals surface area contributed by atoms with Crippen LogP contribution < -0.4 is 10.6 Å². The normalized spacial score (nSPS) is 16.7. The third-order valence-corrected chi connectivity index (χ3v) is 6.93. The molecule has 3 heterocycles. The van der Waals surface area contributed by atoms with Gasteiger partial charge in [-0.15, -0.1) is 0 Å². The van der Waals surface area contributed by atoms with Gasteiger partial charge < -0.3 is 25.1 Å². The largest absolute Gasteiger partial charge is 0.478 e. The Balaban J connectivity index is 1.42. The summed E-state index contributed by atoms with van der Waals surface area (Å²) in [4.78, 5) is 30.4. The number of carbonyl (C=O) groups excluding carboxylic acids is 1. The first kappa shape index (κ1) is 26.1. The number of nitrogens with one attached hydrogen (secondary N) is 2. The van der Waals surface area contributed by atoms with E-state index in [1.807, 2.05) is 42.2 Å². The summed E-state index contributed by atoms with van der Waals surface area (Å²) in [7, 11) is 0. The Hall–Kier alpha value is -4.57. The lowest BCUT2D eigenvalue weighted by Crippen LogP contribution is -2.32. The molecule has 1 fully saturated rings. The topological polar surface area (TPSA) is 108 Å². The molecule has 0 aliphatic carbocycles. The first-order chi connectivity index (χ1) is 18.8. The number of aromatic carboxylic acids is 1. The number of anilines is 1. The van der Waals surface area contributed by atoms with Gasteiger partial charge in [-0.3, -0.25) is 9.78 Å². The molecule has 0 bridgehead atoms.